The molecule has 2 aliphatic heterocycles. The third-order valence-electron chi connectivity index (χ3n) is 5.06. The molecule has 4 rings (SSSR count). The Labute approximate surface area is 148 Å². The van der Waals surface area contributed by atoms with E-state index in [0.717, 1.165) is 76.8 Å². The van der Waals surface area contributed by atoms with Crippen LogP contribution in [0.25, 0.3) is 0 Å². The molecule has 2 amide bonds. The van der Waals surface area contributed by atoms with Crippen LogP contribution in [0.2, 0.25) is 0 Å². The van der Waals surface area contributed by atoms with Gasteiger partial charge in [-0.3, -0.25) is 0 Å². The highest BCUT2D eigenvalue weighted by molar-refractivity contribution is 5.89. The van der Waals surface area contributed by atoms with Crippen molar-refractivity contribution in [3.8, 4) is 0 Å². The molecule has 3 aliphatic rings. The lowest BCUT2D eigenvalue weighted by molar-refractivity contribution is 0.122. The maximum atomic E-state index is 12.7. The second-order valence-electron chi connectivity index (χ2n) is 7.05. The van der Waals surface area contributed by atoms with Crippen molar-refractivity contribution >= 4 is 17.5 Å². The second kappa shape index (κ2) is 7.58. The van der Waals surface area contributed by atoms with E-state index in [1.165, 1.54) is 0 Å². The summed E-state index contributed by atoms with van der Waals surface area (Å²) in [7, 11) is 0. The number of nitrogens with one attached hydrogen (secondary N) is 1. The Morgan fingerprint density at radius 1 is 1.20 bits per heavy atom. The highest BCUT2D eigenvalue weighted by atomic mass is 16.5. The molecule has 3 fully saturated rings. The number of hydrogen-bond donors (Lipinski definition) is 1. The van der Waals surface area contributed by atoms with Crippen molar-refractivity contribution in [3.05, 3.63) is 18.3 Å². The number of urea groups is 1. The van der Waals surface area contributed by atoms with Gasteiger partial charge >= 0.3 is 6.03 Å². The molecule has 2 saturated heterocycles. The van der Waals surface area contributed by atoms with Crippen molar-refractivity contribution in [1.82, 2.24) is 9.88 Å². The van der Waals surface area contributed by atoms with Crippen LogP contribution in [-0.4, -0.2) is 68.0 Å². The number of carbonyl (C=O) groups is 1. The Kier molecular flexibility index (Phi) is 5.03. The van der Waals surface area contributed by atoms with E-state index in [2.05, 4.69) is 15.2 Å². The van der Waals surface area contributed by atoms with E-state index in [1.807, 2.05) is 17.0 Å². The quantitative estimate of drug-likeness (QED) is 0.883. The van der Waals surface area contributed by atoms with Crippen LogP contribution in [0.5, 0.6) is 0 Å². The van der Waals surface area contributed by atoms with Gasteiger partial charge in [0.05, 0.1) is 31.7 Å². The largest absolute Gasteiger partial charge is 0.381 e. The van der Waals surface area contributed by atoms with Gasteiger partial charge in [-0.15, -0.1) is 0 Å². The van der Waals surface area contributed by atoms with Gasteiger partial charge in [-0.05, 0) is 31.4 Å². The Hall–Kier alpha value is -1.86. The van der Waals surface area contributed by atoms with Gasteiger partial charge in [0.15, 0.2) is 0 Å². The topological polar surface area (TPSA) is 66.9 Å². The van der Waals surface area contributed by atoms with Crippen molar-refractivity contribution in [2.45, 2.75) is 25.3 Å². The lowest BCUT2D eigenvalue weighted by atomic mass is 10.1. The van der Waals surface area contributed by atoms with Crippen LogP contribution < -0.4 is 10.2 Å². The number of carbonyl (C=O) groups excluding carboxylic acids is 1. The fourth-order valence-corrected chi connectivity index (χ4v) is 3.42. The van der Waals surface area contributed by atoms with E-state index in [-0.39, 0.29) is 6.03 Å². The SMILES string of the molecule is O=C(Nc1ccc(N2CCOCC2)nc1)N(C[C@@H]1CCOC1)C1CC1. The number of ether oxygens (including phenoxy) is 2. The first-order chi connectivity index (χ1) is 12.3. The zero-order chi connectivity index (χ0) is 17.1. The van der Waals surface area contributed by atoms with Crippen LogP contribution >= 0.6 is 0 Å². The van der Waals surface area contributed by atoms with Gasteiger partial charge in [0.25, 0.3) is 0 Å². The third kappa shape index (κ3) is 4.22. The minimum absolute atomic E-state index is 0.0182. The van der Waals surface area contributed by atoms with E-state index >= 15 is 0 Å². The molecule has 3 heterocycles. The molecule has 1 saturated carbocycles. The fourth-order valence-electron chi connectivity index (χ4n) is 3.42. The summed E-state index contributed by atoms with van der Waals surface area (Å²) in [5, 5.41) is 3.01. The van der Waals surface area contributed by atoms with E-state index in [0.29, 0.717) is 12.0 Å². The monoisotopic (exact) mass is 346 g/mol. The Morgan fingerprint density at radius 3 is 2.68 bits per heavy atom. The van der Waals surface area contributed by atoms with E-state index in [4.69, 9.17) is 9.47 Å². The standard InChI is InChI=1S/C18H26N4O3/c23-18(22(16-2-3-16)12-14-5-8-25-13-14)20-15-1-4-17(19-11-15)21-6-9-24-10-7-21/h1,4,11,14,16H,2-3,5-10,12-13H2,(H,20,23)/t14-/m0/s1. The van der Waals surface area contributed by atoms with Crippen molar-refractivity contribution in [3.63, 3.8) is 0 Å². The maximum absolute atomic E-state index is 12.7. The third-order valence-corrected chi connectivity index (χ3v) is 5.06. The molecular weight excluding hydrogens is 320 g/mol. The van der Waals surface area contributed by atoms with Crippen LogP contribution in [0.3, 0.4) is 0 Å². The highest BCUT2D eigenvalue weighted by Crippen LogP contribution is 2.29. The summed E-state index contributed by atoms with van der Waals surface area (Å²) in [5.41, 5.74) is 0.746. The predicted molar refractivity (Wildman–Crippen MR) is 94.9 cm³/mol. The first kappa shape index (κ1) is 16.6. The molecule has 25 heavy (non-hydrogen) atoms. The molecule has 0 spiro atoms. The summed E-state index contributed by atoms with van der Waals surface area (Å²) in [6.07, 6.45) is 5.00. The maximum Gasteiger partial charge on any atom is 0.322 e. The smallest absolute Gasteiger partial charge is 0.322 e. The number of nitrogens with zero attached hydrogens (tertiary/aromatic N) is 3. The number of pyridine rings is 1. The Morgan fingerprint density at radius 2 is 2.04 bits per heavy atom. The van der Waals surface area contributed by atoms with Gasteiger partial charge in [0.2, 0.25) is 0 Å². The summed E-state index contributed by atoms with van der Waals surface area (Å²) in [4.78, 5) is 21.4. The lowest BCUT2D eigenvalue weighted by Gasteiger charge is -2.28. The molecule has 1 aromatic rings. The number of morpholine rings is 1. The van der Waals surface area contributed by atoms with Crippen LogP contribution in [-0.2, 0) is 9.47 Å². The second-order valence-corrected chi connectivity index (χ2v) is 7.05. The molecule has 7 nitrogen and oxygen atoms in total. The van der Waals surface area contributed by atoms with E-state index in [9.17, 15) is 4.79 Å². The number of aromatic nitrogens is 1. The minimum atomic E-state index is -0.0182. The van der Waals surface area contributed by atoms with Crippen LogP contribution in [0, 0.1) is 5.92 Å². The first-order valence-corrected chi connectivity index (χ1v) is 9.24. The molecule has 136 valence electrons. The fraction of sp³-hybridized carbons (Fsp3) is 0.667. The lowest BCUT2D eigenvalue weighted by Crippen LogP contribution is -2.40. The van der Waals surface area contributed by atoms with Gasteiger partial charge in [-0.25, -0.2) is 9.78 Å². The Balaban J connectivity index is 1.35. The average molecular weight is 346 g/mol. The summed E-state index contributed by atoms with van der Waals surface area (Å²) in [6.45, 7) is 5.57. The molecule has 1 aliphatic carbocycles. The minimum Gasteiger partial charge on any atom is -0.381 e. The Bertz CT molecular complexity index is 578. The van der Waals surface area contributed by atoms with Crippen LogP contribution in [0.4, 0.5) is 16.3 Å². The molecule has 1 aromatic heterocycles. The number of rotatable bonds is 5. The summed E-state index contributed by atoms with van der Waals surface area (Å²) >= 11 is 0. The van der Waals surface area contributed by atoms with Gasteiger partial charge in [-0.1, -0.05) is 0 Å². The number of anilines is 2. The molecule has 1 atom stereocenters. The van der Waals surface area contributed by atoms with Crippen molar-refractivity contribution in [2.75, 3.05) is 56.3 Å². The molecule has 0 aromatic carbocycles. The predicted octanol–water partition coefficient (Wildman–Crippen LogP) is 1.95. The summed E-state index contributed by atoms with van der Waals surface area (Å²) < 4.78 is 10.8. The molecule has 0 bridgehead atoms. The van der Waals surface area contributed by atoms with Crippen molar-refractivity contribution in [2.24, 2.45) is 5.92 Å². The van der Waals surface area contributed by atoms with Crippen LogP contribution in [0.1, 0.15) is 19.3 Å². The molecule has 0 radical (unpaired) electrons. The van der Waals surface area contributed by atoms with Gasteiger partial charge in [0.1, 0.15) is 5.82 Å². The van der Waals surface area contributed by atoms with Gasteiger partial charge in [0, 0.05) is 38.2 Å². The van der Waals surface area contributed by atoms with Gasteiger partial charge < -0.3 is 24.6 Å². The average Bonchev–Trinajstić information content (AvgIpc) is 3.36. The zero-order valence-corrected chi connectivity index (χ0v) is 14.5. The first-order valence-electron chi connectivity index (χ1n) is 9.24. The van der Waals surface area contributed by atoms with Crippen LogP contribution in [0.15, 0.2) is 18.3 Å². The van der Waals surface area contributed by atoms with E-state index < -0.39 is 0 Å². The molecule has 0 unspecified atom stereocenters. The molecular formula is C18H26N4O3. The zero-order valence-electron chi connectivity index (χ0n) is 14.5. The number of amides is 2. The van der Waals surface area contributed by atoms with Crippen molar-refractivity contribution in [1.29, 1.82) is 0 Å². The summed E-state index contributed by atoms with van der Waals surface area (Å²) in [6, 6.07) is 4.27. The normalized spacial score (nSPS) is 23.5. The number of hydrogen-bond acceptors (Lipinski definition) is 5. The van der Waals surface area contributed by atoms with E-state index in [1.54, 1.807) is 6.20 Å². The van der Waals surface area contributed by atoms with Gasteiger partial charge in [-0.2, -0.15) is 0 Å². The van der Waals surface area contributed by atoms with Crippen molar-refractivity contribution < 1.29 is 14.3 Å². The molecule has 1 N–H and O–H groups in total. The molecule has 7 heteroatoms. The highest BCUT2D eigenvalue weighted by Gasteiger charge is 2.34. The summed E-state index contributed by atoms with van der Waals surface area (Å²) in [5.74, 6) is 1.40.